The van der Waals surface area contributed by atoms with E-state index in [1.807, 2.05) is 31.2 Å². The number of allylic oxidation sites excluding steroid dienone is 1. The van der Waals surface area contributed by atoms with E-state index in [0.717, 1.165) is 0 Å². The molecular formula is C9H10O3S. The SMILES string of the molecule is C/C=C/c1ccccc1.O=S(=O)=O. The molecule has 0 aromatic heterocycles. The van der Waals surface area contributed by atoms with Gasteiger partial charge in [-0.25, -0.2) is 0 Å². The lowest BCUT2D eigenvalue weighted by atomic mass is 10.2. The van der Waals surface area contributed by atoms with Crippen molar-refractivity contribution in [3.8, 4) is 0 Å². The molecule has 0 aliphatic carbocycles. The molecular weight excluding hydrogens is 188 g/mol. The van der Waals surface area contributed by atoms with Crippen molar-refractivity contribution in [3.63, 3.8) is 0 Å². The van der Waals surface area contributed by atoms with Crippen LogP contribution in [0.3, 0.4) is 0 Å². The van der Waals surface area contributed by atoms with Crippen molar-refractivity contribution in [2.75, 3.05) is 0 Å². The second-order valence-electron chi connectivity index (χ2n) is 2.11. The van der Waals surface area contributed by atoms with E-state index in [2.05, 4.69) is 18.2 Å². The second kappa shape index (κ2) is 7.24. The first-order valence-electron chi connectivity index (χ1n) is 3.61. The Morgan fingerprint density at radius 1 is 1.08 bits per heavy atom. The minimum Gasteiger partial charge on any atom is -0.142 e. The van der Waals surface area contributed by atoms with Crippen LogP contribution in [0.1, 0.15) is 12.5 Å². The minimum atomic E-state index is -3.11. The van der Waals surface area contributed by atoms with Gasteiger partial charge < -0.3 is 0 Å². The monoisotopic (exact) mass is 198 g/mol. The lowest BCUT2D eigenvalue weighted by Crippen LogP contribution is -1.65. The molecule has 70 valence electrons. The zero-order valence-corrected chi connectivity index (χ0v) is 7.99. The first-order chi connectivity index (χ1) is 6.16. The van der Waals surface area contributed by atoms with Crippen molar-refractivity contribution in [3.05, 3.63) is 42.0 Å². The highest BCUT2D eigenvalue weighted by molar-refractivity contribution is 7.59. The predicted molar refractivity (Wildman–Crippen MR) is 50.8 cm³/mol. The maximum Gasteiger partial charge on any atom is 0.425 e. The van der Waals surface area contributed by atoms with E-state index >= 15 is 0 Å². The summed E-state index contributed by atoms with van der Waals surface area (Å²) in [5.41, 5.74) is 1.26. The molecule has 0 atom stereocenters. The molecule has 1 rings (SSSR count). The maximum absolute atomic E-state index is 8.44. The summed E-state index contributed by atoms with van der Waals surface area (Å²) in [6, 6.07) is 10.3. The molecule has 0 saturated carbocycles. The molecule has 0 spiro atoms. The minimum absolute atomic E-state index is 1.26. The van der Waals surface area contributed by atoms with Crippen molar-refractivity contribution < 1.29 is 12.6 Å². The van der Waals surface area contributed by atoms with Gasteiger partial charge in [0.15, 0.2) is 0 Å². The quantitative estimate of drug-likeness (QED) is 0.690. The smallest absolute Gasteiger partial charge is 0.142 e. The van der Waals surface area contributed by atoms with Crippen molar-refractivity contribution in [1.29, 1.82) is 0 Å². The molecule has 0 bridgehead atoms. The van der Waals surface area contributed by atoms with Gasteiger partial charge in [0.25, 0.3) is 0 Å². The second-order valence-corrected chi connectivity index (χ2v) is 2.52. The van der Waals surface area contributed by atoms with Crippen LogP contribution in [0.2, 0.25) is 0 Å². The molecule has 1 aromatic carbocycles. The Labute approximate surface area is 78.8 Å². The summed E-state index contributed by atoms with van der Waals surface area (Å²) in [5.74, 6) is 0. The summed E-state index contributed by atoms with van der Waals surface area (Å²) in [5, 5.41) is 0. The first-order valence-corrected chi connectivity index (χ1v) is 4.61. The summed E-state index contributed by atoms with van der Waals surface area (Å²) in [6.45, 7) is 2.02. The predicted octanol–water partition coefficient (Wildman–Crippen LogP) is 1.72. The highest BCUT2D eigenvalue weighted by Crippen LogP contribution is 1.99. The van der Waals surface area contributed by atoms with Gasteiger partial charge in [0.2, 0.25) is 0 Å². The van der Waals surface area contributed by atoms with Gasteiger partial charge in [0.1, 0.15) is 0 Å². The van der Waals surface area contributed by atoms with Gasteiger partial charge in [-0.1, -0.05) is 42.5 Å². The number of benzene rings is 1. The summed E-state index contributed by atoms with van der Waals surface area (Å²) in [6.07, 6.45) is 4.12. The van der Waals surface area contributed by atoms with E-state index in [1.54, 1.807) is 0 Å². The van der Waals surface area contributed by atoms with Crippen LogP contribution in [0.5, 0.6) is 0 Å². The Kier molecular flexibility index (Phi) is 6.45. The molecule has 0 radical (unpaired) electrons. The topological polar surface area (TPSA) is 51.2 Å². The van der Waals surface area contributed by atoms with Crippen LogP contribution in [0.25, 0.3) is 6.08 Å². The average Bonchev–Trinajstić information content (AvgIpc) is 2.06. The maximum atomic E-state index is 8.44. The van der Waals surface area contributed by atoms with E-state index in [9.17, 15) is 0 Å². The standard InChI is InChI=1S/C9H10.O3S/c1-2-6-9-7-4-3-5-8-9;1-4(2)3/h2-8H,1H3;/b6-2+;. The van der Waals surface area contributed by atoms with Crippen LogP contribution in [0.4, 0.5) is 0 Å². The van der Waals surface area contributed by atoms with Crippen LogP contribution in [0, 0.1) is 0 Å². The molecule has 4 heteroatoms. The van der Waals surface area contributed by atoms with Crippen molar-refractivity contribution >= 4 is 16.7 Å². The fourth-order valence-corrected chi connectivity index (χ4v) is 0.757. The number of hydrogen-bond acceptors (Lipinski definition) is 3. The Balaban J connectivity index is 0.000000310. The Bertz CT molecular complexity index is 343. The molecule has 0 fully saturated rings. The zero-order chi connectivity index (χ0) is 10.1. The van der Waals surface area contributed by atoms with E-state index < -0.39 is 10.6 Å². The fraction of sp³-hybridized carbons (Fsp3) is 0.111. The summed E-state index contributed by atoms with van der Waals surface area (Å²) < 4.78 is 25.3. The van der Waals surface area contributed by atoms with Gasteiger partial charge in [-0.2, -0.15) is 0 Å². The third-order valence-electron chi connectivity index (χ3n) is 1.16. The van der Waals surface area contributed by atoms with Gasteiger partial charge in [-0.3, -0.25) is 0 Å². The lowest BCUT2D eigenvalue weighted by Gasteiger charge is -1.86. The largest absolute Gasteiger partial charge is 0.425 e. The van der Waals surface area contributed by atoms with E-state index in [1.165, 1.54) is 5.56 Å². The summed E-state index contributed by atoms with van der Waals surface area (Å²) >= 11 is 0. The third-order valence-corrected chi connectivity index (χ3v) is 1.16. The van der Waals surface area contributed by atoms with Gasteiger partial charge in [-0.05, 0) is 12.5 Å². The van der Waals surface area contributed by atoms with Gasteiger partial charge in [0.05, 0.1) is 0 Å². The molecule has 0 aliphatic rings. The molecule has 13 heavy (non-hydrogen) atoms. The highest BCUT2D eigenvalue weighted by Gasteiger charge is 1.77. The fourth-order valence-electron chi connectivity index (χ4n) is 0.757. The highest BCUT2D eigenvalue weighted by atomic mass is 32.2. The van der Waals surface area contributed by atoms with E-state index in [0.29, 0.717) is 0 Å². The van der Waals surface area contributed by atoms with Crippen LogP contribution >= 0.6 is 0 Å². The Morgan fingerprint density at radius 2 is 1.54 bits per heavy atom. The third kappa shape index (κ3) is 8.49. The first kappa shape index (κ1) is 11.6. The Hall–Kier alpha value is -1.42. The van der Waals surface area contributed by atoms with E-state index in [4.69, 9.17) is 12.6 Å². The normalized spacial score (nSPS) is 9.00. The lowest BCUT2D eigenvalue weighted by molar-refractivity contribution is 0.559. The molecule has 0 aliphatic heterocycles. The van der Waals surface area contributed by atoms with Gasteiger partial charge in [0, 0.05) is 0 Å². The van der Waals surface area contributed by atoms with Crippen molar-refractivity contribution in [1.82, 2.24) is 0 Å². The van der Waals surface area contributed by atoms with Crippen LogP contribution in [-0.2, 0) is 10.6 Å². The van der Waals surface area contributed by atoms with Crippen LogP contribution in [-0.4, -0.2) is 12.6 Å². The average molecular weight is 198 g/mol. The number of rotatable bonds is 1. The van der Waals surface area contributed by atoms with Crippen molar-refractivity contribution in [2.45, 2.75) is 6.92 Å². The van der Waals surface area contributed by atoms with Crippen molar-refractivity contribution in [2.24, 2.45) is 0 Å². The van der Waals surface area contributed by atoms with Gasteiger partial charge in [-0.15, -0.1) is 12.6 Å². The van der Waals surface area contributed by atoms with Crippen LogP contribution in [0.15, 0.2) is 36.4 Å². The Morgan fingerprint density at radius 3 is 1.92 bits per heavy atom. The zero-order valence-electron chi connectivity index (χ0n) is 7.17. The van der Waals surface area contributed by atoms with Crippen LogP contribution < -0.4 is 0 Å². The molecule has 0 saturated heterocycles. The molecule has 0 unspecified atom stereocenters. The molecule has 0 heterocycles. The number of hydrogen-bond donors (Lipinski definition) is 0. The molecule has 0 amide bonds. The molecule has 3 nitrogen and oxygen atoms in total. The molecule has 0 N–H and O–H groups in total. The summed E-state index contributed by atoms with van der Waals surface area (Å²) in [7, 11) is -3.11. The van der Waals surface area contributed by atoms with E-state index in [-0.39, 0.29) is 0 Å². The summed E-state index contributed by atoms with van der Waals surface area (Å²) in [4.78, 5) is 0. The van der Waals surface area contributed by atoms with Gasteiger partial charge >= 0.3 is 10.6 Å². The molecule has 1 aromatic rings.